The maximum absolute atomic E-state index is 11.0. The highest BCUT2D eigenvalue weighted by Gasteiger charge is 2.13. The van der Waals surface area contributed by atoms with E-state index in [1.54, 1.807) is 97.6 Å². The Morgan fingerprint density at radius 1 is 0.279 bits per heavy atom. The van der Waals surface area contributed by atoms with Crippen molar-refractivity contribution in [2.24, 2.45) is 0 Å². The maximum Gasteiger partial charge on any atom is 0.363 e. The summed E-state index contributed by atoms with van der Waals surface area (Å²) in [5, 5.41) is 34.0. The van der Waals surface area contributed by atoms with E-state index in [0.717, 1.165) is 24.3 Å². The van der Waals surface area contributed by atoms with Gasteiger partial charge in [-0.1, -0.05) is 48.5 Å². The van der Waals surface area contributed by atoms with Gasteiger partial charge in [-0.15, -0.1) is 0 Å². The summed E-state index contributed by atoms with van der Waals surface area (Å²) in [4.78, 5) is 8.15. The third-order valence-corrected chi connectivity index (χ3v) is 11.1. The first-order valence-corrected chi connectivity index (χ1v) is 23.1. The average molecular weight is 1030 g/mol. The van der Waals surface area contributed by atoms with Gasteiger partial charge in [0.25, 0.3) is 0 Å². The average Bonchev–Trinajstić information content (AvgIpc) is 3.24. The molecule has 0 radical (unpaired) electrons. The second-order valence-corrected chi connectivity index (χ2v) is 17.4. The smallest absolute Gasteiger partial charge is 0.363 e. The van der Waals surface area contributed by atoms with Crippen LogP contribution in [-0.2, 0) is 40.5 Å². The van der Waals surface area contributed by atoms with Gasteiger partial charge >= 0.3 is 23.5 Å². The first-order chi connectivity index (χ1) is 30.0. The van der Waals surface area contributed by atoms with Gasteiger partial charge < -0.3 is 60.5 Å². The summed E-state index contributed by atoms with van der Waals surface area (Å²) in [6.45, 7) is 0. The van der Waals surface area contributed by atoms with Crippen LogP contribution in [0.15, 0.2) is 190 Å². The van der Waals surface area contributed by atoms with Gasteiger partial charge in [0.05, 0.1) is 43.8 Å². The van der Waals surface area contributed by atoms with Crippen molar-refractivity contribution in [1.82, 2.24) is 0 Å². The Kier molecular flexibility index (Phi) is 26.5. The minimum atomic E-state index is -4.74. The number of fused-ring (bicyclic) bond motifs is 2. The normalized spacial score (nSPS) is 10.3. The van der Waals surface area contributed by atoms with Crippen molar-refractivity contribution in [3.8, 4) is 23.5 Å². The Balaban J connectivity index is 0. The molecule has 0 aliphatic carbocycles. The lowest BCUT2D eigenvalue weighted by atomic mass is 10.1. The van der Waals surface area contributed by atoms with Gasteiger partial charge in [0.2, 0.25) is 0 Å². The molecule has 4 aromatic heterocycles. The third-order valence-electron chi connectivity index (χ3n) is 7.53. The van der Waals surface area contributed by atoms with Gasteiger partial charge in [-0.05, 0) is 48.5 Å². The molecule has 28 heteroatoms. The number of aromatic nitrogens is 4. The van der Waals surface area contributed by atoms with Gasteiger partial charge in [-0.25, -0.2) is 33.7 Å². The van der Waals surface area contributed by atoms with E-state index in [0.29, 0.717) is 0 Å². The third kappa shape index (κ3) is 20.9. The van der Waals surface area contributed by atoms with Crippen molar-refractivity contribution in [1.29, 1.82) is 0 Å². The van der Waals surface area contributed by atoms with Crippen LogP contribution in [0.4, 0.5) is 0 Å². The fraction of sp³-hybridized carbons (Fsp3) is 0. The predicted octanol–water partition coefficient (Wildman–Crippen LogP) is -1.18. The fourth-order valence-electron chi connectivity index (χ4n) is 4.91. The number of aromatic hydroxyl groups is 4. The number of benzene rings is 4. The van der Waals surface area contributed by atoms with Crippen LogP contribution >= 0.6 is 0 Å². The van der Waals surface area contributed by atoms with Crippen molar-refractivity contribution < 1.29 is 114 Å². The summed E-state index contributed by atoms with van der Waals surface area (Å²) in [6, 6.07) is 34.8. The van der Waals surface area contributed by atoms with Crippen LogP contribution in [-0.4, -0.2) is 94.2 Å². The molecule has 8 aromatic rings. The summed E-state index contributed by atoms with van der Waals surface area (Å²) in [7, 11) is -19.0. The van der Waals surface area contributed by atoms with Crippen LogP contribution < -0.4 is 19.9 Å². The molecule has 8 rings (SSSR count). The van der Waals surface area contributed by atoms with E-state index in [1.807, 2.05) is 0 Å². The fourth-order valence-corrected chi connectivity index (χ4v) is 7.68. The molecule has 0 aliphatic heterocycles. The number of nitrogens with one attached hydrogen (secondary N) is 4. The minimum absolute atomic E-state index is 0. The molecule has 0 atom stereocenters. The molecule has 0 bridgehead atoms. The van der Waals surface area contributed by atoms with Crippen LogP contribution in [0.2, 0.25) is 0 Å². The molecule has 0 aliphatic rings. The summed E-state index contributed by atoms with van der Waals surface area (Å²) >= 11 is 0. The van der Waals surface area contributed by atoms with Crippen molar-refractivity contribution in [3.63, 3.8) is 0 Å². The molecular weight excluding hydrogens is 985 g/mol. The Morgan fingerprint density at radius 2 is 0.456 bits per heavy atom. The summed E-state index contributed by atoms with van der Waals surface area (Å²) in [6.07, 6.45) is 6.65. The van der Waals surface area contributed by atoms with E-state index >= 15 is 0 Å². The Morgan fingerprint density at radius 3 is 0.559 bits per heavy atom. The molecule has 0 saturated heterocycles. The quantitative estimate of drug-likeness (QED) is 0.151. The van der Waals surface area contributed by atoms with Gasteiger partial charge in [0.1, 0.15) is 40.5 Å². The zero-order valence-electron chi connectivity index (χ0n) is 34.5. The SMILES string of the molecule is O.O.O.O.O=S(=O)([O-])c1cccc2c(S(=O)(=O)[O-])cccc12.O=S(=O)([O-])c1cccc2c(S(=O)(=O)[O-])cccc12.Oc1cccc[nH+]1.Oc1cccc[nH+]1.Oc1cccc[nH+]1.Oc1cccc[nH+]1. The molecule has 24 nitrogen and oxygen atoms in total. The topological polar surface area (TPSA) is 492 Å². The van der Waals surface area contributed by atoms with E-state index < -0.39 is 60.1 Å². The van der Waals surface area contributed by atoms with Gasteiger partial charge in [0, 0.05) is 45.8 Å². The van der Waals surface area contributed by atoms with Gasteiger partial charge in [-0.3, -0.25) is 0 Å². The van der Waals surface area contributed by atoms with E-state index in [2.05, 4.69) is 19.9 Å². The van der Waals surface area contributed by atoms with Crippen molar-refractivity contribution in [2.45, 2.75) is 19.6 Å². The second-order valence-electron chi connectivity index (χ2n) is 12.0. The number of H-pyrrole nitrogens is 4. The maximum atomic E-state index is 11.0. The molecule has 368 valence electrons. The largest absolute Gasteiger partial charge is 0.744 e. The molecular formula is C40H44N4O20S4. The Hall–Kier alpha value is -7.32. The van der Waals surface area contributed by atoms with Crippen LogP contribution in [0.1, 0.15) is 0 Å². The highest BCUT2D eigenvalue weighted by molar-refractivity contribution is 7.87. The lowest BCUT2D eigenvalue weighted by Crippen LogP contribution is -2.03. The van der Waals surface area contributed by atoms with Crippen LogP contribution in [0, 0.1) is 0 Å². The lowest BCUT2D eigenvalue weighted by Gasteiger charge is -2.14. The Labute approximate surface area is 388 Å². The standard InChI is InChI=1S/2C10H8O6S2.4C5H5NO.4H2O/c2*11-17(12,13)9-5-1-3-7-8(9)4-2-6-10(7)18(14,15)16;4*7-5-3-1-2-4-6-5;;;;/h2*1-6H,(H,11,12,13)(H,14,15,16);4*1-4H,(H,6,7);4*1H2. The molecule has 0 fully saturated rings. The number of rotatable bonds is 4. The zero-order chi connectivity index (χ0) is 47.6. The predicted molar refractivity (Wildman–Crippen MR) is 233 cm³/mol. The molecule has 0 saturated carbocycles. The van der Waals surface area contributed by atoms with Crippen molar-refractivity contribution in [3.05, 3.63) is 170 Å². The van der Waals surface area contributed by atoms with Crippen LogP contribution in [0.5, 0.6) is 23.5 Å². The van der Waals surface area contributed by atoms with Crippen molar-refractivity contribution in [2.75, 3.05) is 0 Å². The molecule has 4 heterocycles. The first-order valence-electron chi connectivity index (χ1n) is 17.5. The van der Waals surface area contributed by atoms with Crippen molar-refractivity contribution >= 4 is 62.0 Å². The molecule has 0 amide bonds. The van der Waals surface area contributed by atoms with E-state index in [4.69, 9.17) is 20.4 Å². The van der Waals surface area contributed by atoms with E-state index in [9.17, 15) is 51.9 Å². The molecule has 0 spiro atoms. The molecule has 68 heavy (non-hydrogen) atoms. The van der Waals surface area contributed by atoms with Crippen LogP contribution in [0.25, 0.3) is 21.5 Å². The molecule has 0 unspecified atom stereocenters. The number of pyridine rings is 4. The highest BCUT2D eigenvalue weighted by Crippen LogP contribution is 2.29. The second kappa shape index (κ2) is 28.7. The molecule has 4 aromatic carbocycles. The first kappa shape index (κ1) is 62.8. The minimum Gasteiger partial charge on any atom is -0.744 e. The summed E-state index contributed by atoms with van der Waals surface area (Å²) in [5.74, 6) is 0.787. The van der Waals surface area contributed by atoms with E-state index in [1.165, 1.54) is 48.5 Å². The van der Waals surface area contributed by atoms with Crippen LogP contribution in [0.3, 0.4) is 0 Å². The summed E-state index contributed by atoms with van der Waals surface area (Å²) < 4.78 is 132. The number of hydrogen-bond acceptors (Lipinski definition) is 16. The van der Waals surface area contributed by atoms with Gasteiger partial charge in [-0.2, -0.15) is 19.9 Å². The highest BCUT2D eigenvalue weighted by atomic mass is 32.2. The lowest BCUT2D eigenvalue weighted by molar-refractivity contribution is -0.394. The number of aromatic amines is 4. The van der Waals surface area contributed by atoms with E-state index in [-0.39, 0.29) is 67.0 Å². The Bertz CT molecular complexity index is 2770. The zero-order valence-corrected chi connectivity index (χ0v) is 37.8. The van der Waals surface area contributed by atoms with Gasteiger partial charge in [0.15, 0.2) is 24.8 Å². The monoisotopic (exact) mass is 1030 g/mol. The number of hydrogen-bond donors (Lipinski definition) is 4. The summed E-state index contributed by atoms with van der Waals surface area (Å²) in [5.41, 5.74) is 0. The molecule has 16 N–H and O–H groups in total.